The minimum absolute atomic E-state index is 0. The molecule has 0 aromatic carbocycles. The summed E-state index contributed by atoms with van der Waals surface area (Å²) in [5.41, 5.74) is 0. The average molecular weight is 191 g/mol. The van der Waals surface area contributed by atoms with E-state index in [9.17, 15) is 4.79 Å². The van der Waals surface area contributed by atoms with Gasteiger partial charge in [-0.15, -0.1) is 0 Å². The zero-order chi connectivity index (χ0) is 10.5. The lowest BCUT2D eigenvalue weighted by molar-refractivity contribution is -0.119. The predicted octanol–water partition coefficient (Wildman–Crippen LogP) is 2.21. The lowest BCUT2D eigenvalue weighted by Crippen LogP contribution is -2.24. The molecule has 0 heterocycles. The molecule has 0 rings (SSSR count). The highest BCUT2D eigenvalue weighted by atomic mass is 16.5. The van der Waals surface area contributed by atoms with E-state index in [-0.39, 0.29) is 7.33 Å². The molecule has 82 valence electrons. The Bertz CT molecular complexity index is 110. The van der Waals surface area contributed by atoms with Crippen molar-refractivity contribution in [2.75, 3.05) is 19.8 Å². The van der Waals surface area contributed by atoms with Gasteiger partial charge in [0.2, 0.25) is 5.91 Å². The number of rotatable bonds is 6. The summed E-state index contributed by atoms with van der Waals surface area (Å²) in [7, 11) is 0. The van der Waals surface area contributed by atoms with Crippen LogP contribution in [0.3, 0.4) is 0 Å². The van der Waals surface area contributed by atoms with Crippen LogP contribution in [0.2, 0.25) is 0 Å². The Morgan fingerprint density at radius 2 is 2.00 bits per heavy atom. The summed E-state index contributed by atoms with van der Waals surface area (Å²) in [6.45, 7) is 9.68. The molecular formula is C10H25NO2. The normalized spacial score (nSPS) is 8.62. The van der Waals surface area contributed by atoms with Crippen LogP contribution in [0, 0.1) is 0 Å². The number of carbonyl (C=O) groups is 1. The van der Waals surface area contributed by atoms with Crippen molar-refractivity contribution in [3.8, 4) is 0 Å². The number of hydrogen-bond donors (Lipinski definition) is 1. The Balaban J connectivity index is -0.000000376. The molecule has 1 N–H and O–H groups in total. The first-order valence-corrected chi connectivity index (χ1v) is 5.09. The Kier molecular flexibility index (Phi) is 16.1. The van der Waals surface area contributed by atoms with Gasteiger partial charge in [-0.3, -0.25) is 4.79 Å². The molecule has 0 aliphatic carbocycles. The first kappa shape index (κ1) is 14.9. The van der Waals surface area contributed by atoms with Crippen molar-refractivity contribution in [3.05, 3.63) is 0 Å². The Morgan fingerprint density at radius 3 is 2.46 bits per heavy atom. The average Bonchev–Trinajstić information content (AvgIpc) is 2.14. The van der Waals surface area contributed by atoms with Gasteiger partial charge in [-0.05, 0) is 6.42 Å². The molecule has 0 aromatic rings. The molecule has 3 heteroatoms. The number of amides is 1. The van der Waals surface area contributed by atoms with E-state index in [1.807, 2.05) is 13.8 Å². The van der Waals surface area contributed by atoms with Crippen molar-refractivity contribution in [3.63, 3.8) is 0 Å². The summed E-state index contributed by atoms with van der Waals surface area (Å²) in [4.78, 5) is 10.4. The molecule has 0 bridgehead atoms. The summed E-state index contributed by atoms with van der Waals surface area (Å²) in [6.07, 6.45) is 2.25. The molecule has 0 aromatic heterocycles. The van der Waals surface area contributed by atoms with Gasteiger partial charge in [-0.25, -0.2) is 0 Å². The lowest BCUT2D eigenvalue weighted by Gasteiger charge is -2.02. The zero-order valence-electron chi connectivity index (χ0n) is 9.35. The van der Waals surface area contributed by atoms with E-state index >= 15 is 0 Å². The van der Waals surface area contributed by atoms with E-state index in [2.05, 4.69) is 12.2 Å². The molecule has 0 radical (unpaired) electrons. The van der Waals surface area contributed by atoms with E-state index < -0.39 is 0 Å². The number of ether oxygens (including phenoxy) is 1. The maximum Gasteiger partial charge on any atom is 0.216 e. The van der Waals surface area contributed by atoms with E-state index in [4.69, 9.17) is 4.74 Å². The third-order valence-electron chi connectivity index (χ3n) is 1.26. The largest absolute Gasteiger partial charge is 0.380 e. The highest BCUT2D eigenvalue weighted by molar-refractivity contribution is 5.72. The van der Waals surface area contributed by atoms with Gasteiger partial charge in [0.15, 0.2) is 0 Å². The molecule has 0 aliphatic rings. The summed E-state index contributed by atoms with van der Waals surface area (Å²) in [6, 6.07) is 0. The summed E-state index contributed by atoms with van der Waals surface area (Å²) in [5.74, 6) is 0.00379. The van der Waals surface area contributed by atoms with Gasteiger partial charge >= 0.3 is 0 Å². The molecule has 0 spiro atoms. The maximum absolute atomic E-state index is 10.4. The molecule has 0 unspecified atom stereocenters. The molecule has 13 heavy (non-hydrogen) atoms. The van der Waals surface area contributed by atoms with Gasteiger partial charge in [0.05, 0.1) is 6.61 Å². The second kappa shape index (κ2) is 14.0. The van der Waals surface area contributed by atoms with Crippen molar-refractivity contribution in [2.45, 2.75) is 40.5 Å². The number of unbranched alkanes of at least 4 members (excludes halogenated alkanes) is 1. The number of carbonyl (C=O) groups excluding carboxylic acids is 1. The lowest BCUT2D eigenvalue weighted by atomic mass is 10.4. The van der Waals surface area contributed by atoms with Crippen molar-refractivity contribution in [1.82, 2.24) is 5.32 Å². The van der Waals surface area contributed by atoms with Crippen LogP contribution in [0.25, 0.3) is 0 Å². The Morgan fingerprint density at radius 1 is 1.38 bits per heavy atom. The van der Waals surface area contributed by atoms with Crippen LogP contribution in [-0.2, 0) is 9.53 Å². The molecule has 0 saturated heterocycles. The predicted molar refractivity (Wildman–Crippen MR) is 57.9 cm³/mol. The quantitative estimate of drug-likeness (QED) is 0.654. The molecule has 0 saturated carbocycles. The van der Waals surface area contributed by atoms with E-state index in [0.29, 0.717) is 13.2 Å². The highest BCUT2D eigenvalue weighted by Crippen LogP contribution is 1.86. The maximum atomic E-state index is 10.4. The third kappa shape index (κ3) is 18.4. The summed E-state index contributed by atoms with van der Waals surface area (Å²) < 4.78 is 5.21. The van der Waals surface area contributed by atoms with Crippen LogP contribution in [0.1, 0.15) is 42.0 Å². The minimum Gasteiger partial charge on any atom is -0.380 e. The zero-order valence-corrected chi connectivity index (χ0v) is 9.35. The van der Waals surface area contributed by atoms with Gasteiger partial charge in [0.25, 0.3) is 0 Å². The third-order valence-corrected chi connectivity index (χ3v) is 1.26. The molecule has 3 nitrogen and oxygen atoms in total. The van der Waals surface area contributed by atoms with Gasteiger partial charge in [-0.1, -0.05) is 27.2 Å². The molecule has 0 atom stereocenters. The summed E-state index contributed by atoms with van der Waals surface area (Å²) >= 11 is 0. The van der Waals surface area contributed by atoms with Crippen LogP contribution in [0.4, 0.5) is 0 Å². The van der Waals surface area contributed by atoms with Gasteiger partial charge in [-0.2, -0.15) is 0 Å². The van der Waals surface area contributed by atoms with Crippen molar-refractivity contribution >= 4 is 5.91 Å². The molecule has 1 amide bonds. The van der Waals surface area contributed by atoms with Crippen LogP contribution in [0.15, 0.2) is 0 Å². The van der Waals surface area contributed by atoms with Crippen LogP contribution in [-0.4, -0.2) is 25.7 Å². The molecule has 0 fully saturated rings. The standard InChI is InChI=1S/C8H17NO2.C2H6.H2/c1-3-4-6-11-7-5-9-8(2)10;1-2;/h3-7H2,1-2H3,(H,9,10);1-2H3;1H. The fourth-order valence-corrected chi connectivity index (χ4v) is 0.648. The number of nitrogens with one attached hydrogen (secondary N) is 1. The SMILES string of the molecule is CC.CCCCOCCNC(C)=O.[HH]. The Hall–Kier alpha value is -0.570. The smallest absolute Gasteiger partial charge is 0.216 e. The van der Waals surface area contributed by atoms with Gasteiger partial charge < -0.3 is 10.1 Å². The highest BCUT2D eigenvalue weighted by Gasteiger charge is 1.89. The van der Waals surface area contributed by atoms with Crippen molar-refractivity contribution in [1.29, 1.82) is 0 Å². The van der Waals surface area contributed by atoms with Crippen molar-refractivity contribution in [2.24, 2.45) is 0 Å². The second-order valence-electron chi connectivity index (χ2n) is 2.45. The second-order valence-corrected chi connectivity index (χ2v) is 2.45. The Labute approximate surface area is 83.3 Å². The van der Waals surface area contributed by atoms with E-state index in [1.165, 1.54) is 6.92 Å². The van der Waals surface area contributed by atoms with Crippen LogP contribution >= 0.6 is 0 Å². The topological polar surface area (TPSA) is 38.3 Å². The fraction of sp³-hybridized carbons (Fsp3) is 0.900. The first-order chi connectivity index (χ1) is 6.27. The first-order valence-electron chi connectivity index (χ1n) is 5.09. The summed E-state index contributed by atoms with van der Waals surface area (Å²) in [5, 5.41) is 2.66. The molecule has 0 aliphatic heterocycles. The van der Waals surface area contributed by atoms with Gasteiger partial charge in [0.1, 0.15) is 0 Å². The van der Waals surface area contributed by atoms with E-state index in [1.54, 1.807) is 0 Å². The van der Waals surface area contributed by atoms with E-state index in [0.717, 1.165) is 19.4 Å². The van der Waals surface area contributed by atoms with Crippen LogP contribution < -0.4 is 5.32 Å². The minimum atomic E-state index is 0. The van der Waals surface area contributed by atoms with Crippen LogP contribution in [0.5, 0.6) is 0 Å². The van der Waals surface area contributed by atoms with Crippen molar-refractivity contribution < 1.29 is 11.0 Å². The monoisotopic (exact) mass is 191 g/mol. The van der Waals surface area contributed by atoms with Gasteiger partial charge in [0, 0.05) is 21.5 Å². The number of hydrogen-bond acceptors (Lipinski definition) is 2. The fourth-order valence-electron chi connectivity index (χ4n) is 0.648. The molecular weight excluding hydrogens is 166 g/mol.